The van der Waals surface area contributed by atoms with Gasteiger partial charge in [-0.1, -0.05) is 45.7 Å². The number of benzene rings is 1. The summed E-state index contributed by atoms with van der Waals surface area (Å²) in [5.41, 5.74) is 1.39. The molecule has 0 heterocycles. The molecule has 1 aromatic carbocycles. The van der Waals surface area contributed by atoms with Gasteiger partial charge in [0.2, 0.25) is 0 Å². The Bertz CT molecular complexity index is 343. The Kier molecular flexibility index (Phi) is 8.36. The highest BCUT2D eigenvalue weighted by Crippen LogP contribution is 2.19. The van der Waals surface area contributed by atoms with E-state index in [2.05, 4.69) is 50.4 Å². The lowest BCUT2D eigenvalue weighted by atomic mass is 9.91. The summed E-state index contributed by atoms with van der Waals surface area (Å²) >= 11 is 0. The van der Waals surface area contributed by atoms with Crippen molar-refractivity contribution in [2.24, 2.45) is 5.92 Å². The molecule has 1 rings (SSSR count). The van der Waals surface area contributed by atoms with Gasteiger partial charge < -0.3 is 10.1 Å². The second-order valence-corrected chi connectivity index (χ2v) is 5.62. The van der Waals surface area contributed by atoms with Gasteiger partial charge in [-0.2, -0.15) is 0 Å². The topological polar surface area (TPSA) is 21.3 Å². The molecule has 0 aliphatic heterocycles. The molecule has 2 heteroatoms. The van der Waals surface area contributed by atoms with E-state index < -0.39 is 0 Å². The zero-order valence-electron chi connectivity index (χ0n) is 13.6. The van der Waals surface area contributed by atoms with Crippen molar-refractivity contribution in [1.82, 2.24) is 5.32 Å². The molecule has 0 aliphatic carbocycles. The molecule has 0 saturated heterocycles. The molecule has 0 aliphatic rings. The number of nitrogens with one attached hydrogen (secondary N) is 1. The molecular weight excluding hydrogens is 246 g/mol. The zero-order chi connectivity index (χ0) is 14.8. The lowest BCUT2D eigenvalue weighted by Gasteiger charge is -2.23. The average Bonchev–Trinajstić information content (AvgIpc) is 2.50. The summed E-state index contributed by atoms with van der Waals surface area (Å²) in [5.74, 6) is 1.77. The van der Waals surface area contributed by atoms with Crippen LogP contribution in [0.25, 0.3) is 0 Å². The number of methoxy groups -OCH3 is 1. The van der Waals surface area contributed by atoms with E-state index in [0.717, 1.165) is 24.6 Å². The minimum absolute atomic E-state index is 0.591. The van der Waals surface area contributed by atoms with E-state index in [1.54, 1.807) is 7.11 Å². The van der Waals surface area contributed by atoms with Crippen LogP contribution in [0, 0.1) is 5.92 Å². The Labute approximate surface area is 124 Å². The van der Waals surface area contributed by atoms with Gasteiger partial charge in [0.15, 0.2) is 0 Å². The van der Waals surface area contributed by atoms with Crippen LogP contribution in [0.4, 0.5) is 0 Å². The summed E-state index contributed by atoms with van der Waals surface area (Å²) in [4.78, 5) is 0. The fourth-order valence-corrected chi connectivity index (χ4v) is 2.66. The summed E-state index contributed by atoms with van der Waals surface area (Å²) in [6.07, 6.45) is 6.15. The van der Waals surface area contributed by atoms with Gasteiger partial charge >= 0.3 is 0 Å². The van der Waals surface area contributed by atoms with E-state index in [1.807, 2.05) is 0 Å². The van der Waals surface area contributed by atoms with Gasteiger partial charge in [0.1, 0.15) is 5.75 Å². The van der Waals surface area contributed by atoms with Gasteiger partial charge in [-0.3, -0.25) is 0 Å². The molecule has 0 aromatic heterocycles. The fourth-order valence-electron chi connectivity index (χ4n) is 2.66. The van der Waals surface area contributed by atoms with Crippen LogP contribution in [-0.2, 0) is 6.42 Å². The molecule has 0 radical (unpaired) electrons. The number of ether oxygens (including phenoxy) is 1. The maximum Gasteiger partial charge on any atom is 0.118 e. The zero-order valence-corrected chi connectivity index (χ0v) is 13.6. The molecule has 114 valence electrons. The standard InChI is InChI=1S/C18H31NO/c1-5-12-19-17(13-15(6-2)7-3)14-16-8-10-18(20-4)11-9-16/h8-11,15,17,19H,5-7,12-14H2,1-4H3. The van der Waals surface area contributed by atoms with E-state index in [1.165, 1.54) is 31.2 Å². The van der Waals surface area contributed by atoms with E-state index in [0.29, 0.717) is 6.04 Å². The Morgan fingerprint density at radius 3 is 2.20 bits per heavy atom. The van der Waals surface area contributed by atoms with E-state index in [-0.39, 0.29) is 0 Å². The minimum Gasteiger partial charge on any atom is -0.497 e. The van der Waals surface area contributed by atoms with Gasteiger partial charge in [-0.05, 0) is 49.4 Å². The third kappa shape index (κ3) is 5.96. The normalized spacial score (nSPS) is 12.7. The van der Waals surface area contributed by atoms with Crippen molar-refractivity contribution in [3.8, 4) is 5.75 Å². The lowest BCUT2D eigenvalue weighted by Crippen LogP contribution is -2.33. The van der Waals surface area contributed by atoms with Crippen LogP contribution >= 0.6 is 0 Å². The van der Waals surface area contributed by atoms with Crippen molar-refractivity contribution < 1.29 is 4.74 Å². The predicted octanol–water partition coefficient (Wildman–Crippen LogP) is 4.43. The Balaban J connectivity index is 2.61. The predicted molar refractivity (Wildman–Crippen MR) is 87.5 cm³/mol. The molecule has 20 heavy (non-hydrogen) atoms. The van der Waals surface area contributed by atoms with E-state index >= 15 is 0 Å². The molecule has 0 spiro atoms. The molecule has 2 nitrogen and oxygen atoms in total. The Morgan fingerprint density at radius 1 is 1.05 bits per heavy atom. The first kappa shape index (κ1) is 17.0. The second-order valence-electron chi connectivity index (χ2n) is 5.62. The van der Waals surface area contributed by atoms with Crippen LogP contribution in [-0.4, -0.2) is 19.7 Å². The highest BCUT2D eigenvalue weighted by atomic mass is 16.5. The summed E-state index contributed by atoms with van der Waals surface area (Å²) < 4.78 is 5.22. The largest absolute Gasteiger partial charge is 0.497 e. The van der Waals surface area contributed by atoms with Crippen molar-refractivity contribution >= 4 is 0 Å². The van der Waals surface area contributed by atoms with Gasteiger partial charge in [0.05, 0.1) is 7.11 Å². The summed E-state index contributed by atoms with van der Waals surface area (Å²) in [6, 6.07) is 9.08. The molecule has 1 N–H and O–H groups in total. The minimum atomic E-state index is 0.591. The van der Waals surface area contributed by atoms with Gasteiger partial charge in [-0.25, -0.2) is 0 Å². The van der Waals surface area contributed by atoms with Gasteiger partial charge in [0, 0.05) is 6.04 Å². The highest BCUT2D eigenvalue weighted by Gasteiger charge is 2.14. The van der Waals surface area contributed by atoms with Crippen LogP contribution in [0.5, 0.6) is 5.75 Å². The molecule has 0 saturated carbocycles. The second kappa shape index (κ2) is 9.82. The molecule has 0 bridgehead atoms. The number of hydrogen-bond acceptors (Lipinski definition) is 2. The quantitative estimate of drug-likeness (QED) is 0.683. The SMILES string of the molecule is CCCNC(Cc1ccc(OC)cc1)CC(CC)CC. The van der Waals surface area contributed by atoms with Crippen LogP contribution in [0.2, 0.25) is 0 Å². The smallest absolute Gasteiger partial charge is 0.118 e. The summed E-state index contributed by atoms with van der Waals surface area (Å²) in [5, 5.41) is 3.71. The van der Waals surface area contributed by atoms with E-state index in [4.69, 9.17) is 4.74 Å². The highest BCUT2D eigenvalue weighted by molar-refractivity contribution is 5.27. The molecule has 1 unspecified atom stereocenters. The maximum absolute atomic E-state index is 5.22. The monoisotopic (exact) mass is 277 g/mol. The summed E-state index contributed by atoms with van der Waals surface area (Å²) in [7, 11) is 1.72. The van der Waals surface area contributed by atoms with Gasteiger partial charge in [0.25, 0.3) is 0 Å². The first-order chi connectivity index (χ1) is 9.73. The third-order valence-electron chi connectivity index (χ3n) is 4.10. The van der Waals surface area contributed by atoms with Crippen molar-refractivity contribution in [2.75, 3.05) is 13.7 Å². The fraction of sp³-hybridized carbons (Fsp3) is 0.667. The van der Waals surface area contributed by atoms with Crippen molar-refractivity contribution in [3.63, 3.8) is 0 Å². The van der Waals surface area contributed by atoms with Crippen LogP contribution in [0.15, 0.2) is 24.3 Å². The van der Waals surface area contributed by atoms with Crippen LogP contribution in [0.1, 0.15) is 52.0 Å². The lowest BCUT2D eigenvalue weighted by molar-refractivity contribution is 0.363. The first-order valence-electron chi connectivity index (χ1n) is 8.09. The molecule has 1 atom stereocenters. The molecule has 1 aromatic rings. The molecular formula is C18H31NO. The first-order valence-corrected chi connectivity index (χ1v) is 8.09. The van der Waals surface area contributed by atoms with Gasteiger partial charge in [-0.15, -0.1) is 0 Å². The van der Waals surface area contributed by atoms with Crippen LogP contribution < -0.4 is 10.1 Å². The Morgan fingerprint density at radius 2 is 1.70 bits per heavy atom. The number of hydrogen-bond donors (Lipinski definition) is 1. The van der Waals surface area contributed by atoms with Crippen molar-refractivity contribution in [2.45, 2.75) is 58.9 Å². The van der Waals surface area contributed by atoms with Crippen LogP contribution in [0.3, 0.4) is 0 Å². The van der Waals surface area contributed by atoms with E-state index in [9.17, 15) is 0 Å². The third-order valence-corrected chi connectivity index (χ3v) is 4.10. The average molecular weight is 277 g/mol. The Hall–Kier alpha value is -1.02. The number of rotatable bonds is 10. The maximum atomic E-state index is 5.22. The van der Waals surface area contributed by atoms with Crippen molar-refractivity contribution in [3.05, 3.63) is 29.8 Å². The molecule has 0 amide bonds. The summed E-state index contributed by atoms with van der Waals surface area (Å²) in [6.45, 7) is 7.95. The molecule has 0 fully saturated rings. The van der Waals surface area contributed by atoms with Crippen molar-refractivity contribution in [1.29, 1.82) is 0 Å².